The first-order valence-corrected chi connectivity index (χ1v) is 5.59. The Morgan fingerprint density at radius 1 is 1.40 bits per heavy atom. The molecule has 92 valence electrons. The topological polar surface area (TPSA) is 55.4 Å². The molecule has 1 saturated heterocycles. The van der Waals surface area contributed by atoms with Crippen molar-refractivity contribution in [3.63, 3.8) is 0 Å². The zero-order valence-corrected chi connectivity index (χ0v) is 9.21. The van der Waals surface area contributed by atoms with E-state index in [-0.39, 0.29) is 25.6 Å². The Morgan fingerprint density at radius 2 is 2.00 bits per heavy atom. The van der Waals surface area contributed by atoms with Crippen LogP contribution in [0.15, 0.2) is 0 Å². The van der Waals surface area contributed by atoms with Crippen molar-refractivity contribution >= 4 is 22.2 Å². The molecule has 1 heterocycles. The van der Waals surface area contributed by atoms with Crippen molar-refractivity contribution in [3.05, 3.63) is 0 Å². The van der Waals surface area contributed by atoms with Gasteiger partial charge >= 0.3 is 5.51 Å². The molecule has 0 bridgehead atoms. The van der Waals surface area contributed by atoms with Crippen molar-refractivity contribution in [2.24, 2.45) is 0 Å². The van der Waals surface area contributed by atoms with E-state index in [1.165, 1.54) is 0 Å². The average molecular weight is 270 g/mol. The summed E-state index contributed by atoms with van der Waals surface area (Å²) in [6.07, 6.45) is -0.907. The fourth-order valence-electron chi connectivity index (χ4n) is 1.07. The Kier molecular flexibility index (Phi) is 5.31. The fourth-order valence-corrected chi connectivity index (χ4v) is 1.96. The number of rotatable bonds is 2. The predicted molar refractivity (Wildman–Crippen MR) is 49.7 cm³/mol. The van der Waals surface area contributed by atoms with Crippen LogP contribution in [-0.2, 0) is 14.6 Å². The van der Waals surface area contributed by atoms with Crippen LogP contribution in [0.3, 0.4) is 0 Å². The molecule has 9 heteroatoms. The van der Waals surface area contributed by atoms with E-state index < -0.39 is 27.2 Å². The second kappa shape index (κ2) is 5.33. The molecule has 0 amide bonds. The maximum Gasteiger partial charge on any atom is 0.497 e. The molecular weight excluding hydrogens is 259 g/mol. The minimum Gasteiger partial charge on any atom is -0.375 e. The highest BCUT2D eigenvalue weighted by Crippen LogP contribution is 2.24. The Balaban J connectivity index is 0.00000196. The number of hydrogen-bond acceptors (Lipinski definition) is 4. The van der Waals surface area contributed by atoms with E-state index in [1.54, 1.807) is 0 Å². The SMILES string of the molecule is Cl.O=S(=O)(CC1CNCCO1)C(F)(F)F. The highest BCUT2D eigenvalue weighted by Gasteiger charge is 2.46. The van der Waals surface area contributed by atoms with Crippen LogP contribution in [-0.4, -0.2) is 45.5 Å². The van der Waals surface area contributed by atoms with Gasteiger partial charge in [-0.05, 0) is 0 Å². The standard InChI is InChI=1S/C6H10F3NO3S.ClH/c7-6(8,9)14(11,12)4-5-3-10-1-2-13-5;/h5,10H,1-4H2;1H. The number of hydrogen-bond donors (Lipinski definition) is 1. The van der Waals surface area contributed by atoms with Gasteiger partial charge < -0.3 is 10.1 Å². The summed E-state index contributed by atoms with van der Waals surface area (Å²) in [4.78, 5) is 0. The molecule has 0 spiro atoms. The fraction of sp³-hybridized carbons (Fsp3) is 1.00. The third-order valence-corrected chi connectivity index (χ3v) is 3.28. The van der Waals surface area contributed by atoms with E-state index in [2.05, 4.69) is 5.32 Å². The van der Waals surface area contributed by atoms with Gasteiger partial charge in [0.25, 0.3) is 0 Å². The lowest BCUT2D eigenvalue weighted by Gasteiger charge is -2.23. The van der Waals surface area contributed by atoms with Crippen LogP contribution in [0, 0.1) is 0 Å². The average Bonchev–Trinajstić information content (AvgIpc) is 2.03. The van der Waals surface area contributed by atoms with E-state index in [4.69, 9.17) is 4.74 Å². The number of ether oxygens (including phenoxy) is 1. The first-order valence-electron chi connectivity index (χ1n) is 3.94. The molecule has 0 saturated carbocycles. The van der Waals surface area contributed by atoms with Crippen molar-refractivity contribution in [3.8, 4) is 0 Å². The Hall–Kier alpha value is -0.0500. The van der Waals surface area contributed by atoms with Crippen LogP contribution in [0.4, 0.5) is 13.2 Å². The lowest BCUT2D eigenvalue weighted by atomic mass is 10.3. The van der Waals surface area contributed by atoms with Crippen LogP contribution in [0.25, 0.3) is 0 Å². The van der Waals surface area contributed by atoms with Crippen molar-refractivity contribution in [2.75, 3.05) is 25.4 Å². The maximum atomic E-state index is 11.9. The number of sulfone groups is 1. The molecular formula is C6H11ClF3NO3S. The largest absolute Gasteiger partial charge is 0.497 e. The first kappa shape index (κ1) is 14.9. The lowest BCUT2D eigenvalue weighted by molar-refractivity contribution is -0.0455. The Bertz CT molecular complexity index is 286. The summed E-state index contributed by atoms with van der Waals surface area (Å²) >= 11 is 0. The monoisotopic (exact) mass is 269 g/mol. The van der Waals surface area contributed by atoms with Gasteiger partial charge in [-0.15, -0.1) is 12.4 Å². The normalized spacial score (nSPS) is 23.3. The highest BCUT2D eigenvalue weighted by molar-refractivity contribution is 7.92. The molecule has 4 nitrogen and oxygen atoms in total. The summed E-state index contributed by atoms with van der Waals surface area (Å²) in [5.74, 6) is -1.01. The van der Waals surface area contributed by atoms with Gasteiger partial charge in [-0.1, -0.05) is 0 Å². The van der Waals surface area contributed by atoms with Crippen LogP contribution in [0.2, 0.25) is 0 Å². The second-order valence-electron chi connectivity index (χ2n) is 2.92. The summed E-state index contributed by atoms with van der Waals surface area (Å²) in [6.45, 7) is 0.899. The van der Waals surface area contributed by atoms with Gasteiger partial charge in [0, 0.05) is 13.1 Å². The zero-order chi connectivity index (χ0) is 10.8. The van der Waals surface area contributed by atoms with Crippen molar-refractivity contribution in [2.45, 2.75) is 11.6 Å². The van der Waals surface area contributed by atoms with E-state index in [0.717, 1.165) is 0 Å². The van der Waals surface area contributed by atoms with E-state index in [9.17, 15) is 21.6 Å². The molecule has 0 aliphatic carbocycles. The van der Waals surface area contributed by atoms with E-state index in [1.807, 2.05) is 0 Å². The first-order chi connectivity index (χ1) is 6.33. The molecule has 1 aliphatic heterocycles. The summed E-state index contributed by atoms with van der Waals surface area (Å²) in [5, 5.41) is 2.75. The number of halogens is 4. The van der Waals surface area contributed by atoms with Gasteiger partial charge in [0.1, 0.15) is 0 Å². The molecule has 1 atom stereocenters. The second-order valence-corrected chi connectivity index (χ2v) is 4.95. The van der Waals surface area contributed by atoms with Gasteiger partial charge in [-0.25, -0.2) is 8.42 Å². The van der Waals surface area contributed by atoms with Crippen molar-refractivity contribution < 1.29 is 26.3 Å². The number of morpholine rings is 1. The molecule has 1 fully saturated rings. The zero-order valence-electron chi connectivity index (χ0n) is 7.58. The smallest absolute Gasteiger partial charge is 0.375 e. The quantitative estimate of drug-likeness (QED) is 0.785. The molecule has 15 heavy (non-hydrogen) atoms. The van der Waals surface area contributed by atoms with Gasteiger partial charge in [0.05, 0.1) is 18.5 Å². The van der Waals surface area contributed by atoms with Gasteiger partial charge in [-0.2, -0.15) is 13.2 Å². The molecule has 1 N–H and O–H groups in total. The third-order valence-electron chi connectivity index (χ3n) is 1.76. The molecule has 1 aliphatic rings. The molecule has 0 radical (unpaired) electrons. The van der Waals surface area contributed by atoms with Crippen molar-refractivity contribution in [1.29, 1.82) is 0 Å². The molecule has 0 aromatic carbocycles. The maximum absolute atomic E-state index is 11.9. The summed E-state index contributed by atoms with van der Waals surface area (Å²) in [7, 11) is -5.06. The van der Waals surface area contributed by atoms with Crippen LogP contribution >= 0.6 is 12.4 Å². The lowest BCUT2D eigenvalue weighted by Crippen LogP contribution is -2.44. The Morgan fingerprint density at radius 3 is 2.40 bits per heavy atom. The minimum atomic E-state index is -5.19. The van der Waals surface area contributed by atoms with Gasteiger partial charge in [-0.3, -0.25) is 0 Å². The number of nitrogens with one attached hydrogen (secondary N) is 1. The van der Waals surface area contributed by atoms with Crippen LogP contribution < -0.4 is 5.32 Å². The third kappa shape index (κ3) is 4.13. The molecule has 0 aromatic heterocycles. The highest BCUT2D eigenvalue weighted by atomic mass is 35.5. The number of alkyl halides is 3. The van der Waals surface area contributed by atoms with Crippen LogP contribution in [0.1, 0.15) is 0 Å². The predicted octanol–water partition coefficient (Wildman–Crippen LogP) is 0.331. The summed E-state index contributed by atoms with van der Waals surface area (Å²) in [6, 6.07) is 0. The van der Waals surface area contributed by atoms with Gasteiger partial charge in [0.15, 0.2) is 0 Å². The van der Waals surface area contributed by atoms with E-state index >= 15 is 0 Å². The van der Waals surface area contributed by atoms with E-state index in [0.29, 0.717) is 6.54 Å². The Labute approximate surface area is 91.5 Å². The summed E-state index contributed by atoms with van der Waals surface area (Å²) in [5.41, 5.74) is -5.19. The minimum absolute atomic E-state index is 0. The molecule has 0 aromatic rings. The van der Waals surface area contributed by atoms with Crippen molar-refractivity contribution in [1.82, 2.24) is 5.32 Å². The van der Waals surface area contributed by atoms with Crippen LogP contribution in [0.5, 0.6) is 0 Å². The summed E-state index contributed by atoms with van der Waals surface area (Å²) < 4.78 is 62.0. The van der Waals surface area contributed by atoms with Gasteiger partial charge in [0.2, 0.25) is 9.84 Å². The molecule has 1 rings (SSSR count). The molecule has 1 unspecified atom stereocenters.